The lowest BCUT2D eigenvalue weighted by Gasteiger charge is -2.10. The maximum absolute atomic E-state index is 11.1. The molecule has 0 spiro atoms. The Labute approximate surface area is 107 Å². The number of hydrogen-bond acceptors (Lipinski definition) is 3. The van der Waals surface area contributed by atoms with Gasteiger partial charge in [0.05, 0.1) is 6.61 Å². The van der Waals surface area contributed by atoms with Gasteiger partial charge in [-0.3, -0.25) is 0 Å². The lowest BCUT2D eigenvalue weighted by molar-refractivity contribution is 0.0692. The molecular weight excluding hydrogens is 232 g/mol. The van der Waals surface area contributed by atoms with Crippen molar-refractivity contribution < 1.29 is 19.4 Å². The highest BCUT2D eigenvalue weighted by Gasteiger charge is 2.12. The van der Waals surface area contributed by atoms with E-state index < -0.39 is 5.97 Å². The van der Waals surface area contributed by atoms with Crippen LogP contribution in [0.3, 0.4) is 0 Å². The van der Waals surface area contributed by atoms with Gasteiger partial charge in [-0.25, -0.2) is 4.79 Å². The van der Waals surface area contributed by atoms with Gasteiger partial charge in [-0.05, 0) is 24.6 Å². The molecule has 4 heteroatoms. The van der Waals surface area contributed by atoms with Crippen LogP contribution in [0.25, 0.3) is 0 Å². The first-order valence-electron chi connectivity index (χ1n) is 5.92. The maximum atomic E-state index is 11.1. The molecule has 1 rings (SSSR count). The van der Waals surface area contributed by atoms with E-state index in [1.807, 2.05) is 0 Å². The summed E-state index contributed by atoms with van der Waals surface area (Å²) >= 11 is 0. The molecule has 1 aromatic carbocycles. The zero-order valence-electron chi connectivity index (χ0n) is 10.5. The number of ether oxygens (including phenoxy) is 2. The van der Waals surface area contributed by atoms with Crippen molar-refractivity contribution in [3.05, 3.63) is 36.4 Å². The fraction of sp³-hybridized carbons (Fsp3) is 0.357. The van der Waals surface area contributed by atoms with Crippen LogP contribution in [0.5, 0.6) is 11.5 Å². The minimum atomic E-state index is -1.03. The molecule has 18 heavy (non-hydrogen) atoms. The molecule has 0 bridgehead atoms. The van der Waals surface area contributed by atoms with E-state index >= 15 is 0 Å². The van der Waals surface area contributed by atoms with Crippen molar-refractivity contribution in [2.24, 2.45) is 0 Å². The van der Waals surface area contributed by atoms with Gasteiger partial charge in [-0.1, -0.05) is 26.0 Å². The lowest BCUT2D eigenvalue weighted by Crippen LogP contribution is -2.04. The molecule has 0 radical (unpaired) electrons. The molecule has 0 saturated heterocycles. The van der Waals surface area contributed by atoms with Crippen molar-refractivity contribution in [2.75, 3.05) is 13.2 Å². The first-order chi connectivity index (χ1) is 8.69. The summed E-state index contributed by atoms with van der Waals surface area (Å²) < 4.78 is 10.7. The molecule has 98 valence electrons. The lowest BCUT2D eigenvalue weighted by atomic mass is 10.2. The Kier molecular flexibility index (Phi) is 5.77. The summed E-state index contributed by atoms with van der Waals surface area (Å²) in [6.07, 6.45) is 3.54. The van der Waals surface area contributed by atoms with Crippen LogP contribution in [-0.2, 0) is 0 Å². The number of carbonyl (C=O) groups is 1. The van der Waals surface area contributed by atoms with E-state index in [1.54, 1.807) is 18.2 Å². The van der Waals surface area contributed by atoms with Gasteiger partial charge >= 0.3 is 5.97 Å². The van der Waals surface area contributed by atoms with Crippen LogP contribution in [0.2, 0.25) is 0 Å². The van der Waals surface area contributed by atoms with Gasteiger partial charge in [-0.2, -0.15) is 0 Å². The largest absolute Gasteiger partial charge is 0.494 e. The van der Waals surface area contributed by atoms with E-state index in [2.05, 4.69) is 13.5 Å². The standard InChI is InChI=1S/C14H18O4/c1-3-5-9-17-11-6-7-13(18-8-4-2)12(10-11)14(15)16/h4,6-7,10H,2-3,5,8-9H2,1H3,(H,15,16). The Hall–Kier alpha value is -1.97. The van der Waals surface area contributed by atoms with Gasteiger partial charge < -0.3 is 14.6 Å². The van der Waals surface area contributed by atoms with Gasteiger partial charge in [-0.15, -0.1) is 0 Å². The van der Waals surface area contributed by atoms with Crippen LogP contribution in [0, 0.1) is 0 Å². The highest BCUT2D eigenvalue weighted by molar-refractivity contribution is 5.91. The number of rotatable bonds is 8. The molecule has 0 saturated carbocycles. The van der Waals surface area contributed by atoms with E-state index in [0.717, 1.165) is 12.8 Å². The van der Waals surface area contributed by atoms with Crippen molar-refractivity contribution in [1.29, 1.82) is 0 Å². The van der Waals surface area contributed by atoms with Crippen LogP contribution in [0.15, 0.2) is 30.9 Å². The highest BCUT2D eigenvalue weighted by atomic mass is 16.5. The Morgan fingerprint density at radius 1 is 1.44 bits per heavy atom. The normalized spacial score (nSPS) is 9.83. The van der Waals surface area contributed by atoms with E-state index in [-0.39, 0.29) is 12.2 Å². The zero-order chi connectivity index (χ0) is 13.4. The number of unbranched alkanes of at least 4 members (excludes halogenated alkanes) is 1. The Balaban J connectivity index is 2.81. The summed E-state index contributed by atoms with van der Waals surface area (Å²) in [5.41, 5.74) is 0.103. The van der Waals surface area contributed by atoms with Crippen molar-refractivity contribution >= 4 is 5.97 Å². The Morgan fingerprint density at radius 2 is 2.22 bits per heavy atom. The Bertz CT molecular complexity index is 412. The van der Waals surface area contributed by atoms with Crippen LogP contribution < -0.4 is 9.47 Å². The molecule has 0 aliphatic heterocycles. The second-order valence-electron chi connectivity index (χ2n) is 3.76. The highest BCUT2D eigenvalue weighted by Crippen LogP contribution is 2.24. The predicted molar refractivity (Wildman–Crippen MR) is 69.5 cm³/mol. The SMILES string of the molecule is C=CCOc1ccc(OCCCC)cc1C(=O)O. The number of aromatic carboxylic acids is 1. The molecule has 0 amide bonds. The molecule has 0 aromatic heterocycles. The van der Waals surface area contributed by atoms with Crippen molar-refractivity contribution in [2.45, 2.75) is 19.8 Å². The molecule has 0 fully saturated rings. The second-order valence-corrected chi connectivity index (χ2v) is 3.76. The fourth-order valence-corrected chi connectivity index (χ4v) is 1.37. The van der Waals surface area contributed by atoms with Crippen LogP contribution >= 0.6 is 0 Å². The molecule has 0 aliphatic carbocycles. The van der Waals surface area contributed by atoms with Crippen LogP contribution in [-0.4, -0.2) is 24.3 Å². The molecule has 0 atom stereocenters. The first-order valence-corrected chi connectivity index (χ1v) is 5.92. The smallest absolute Gasteiger partial charge is 0.339 e. The average Bonchev–Trinajstić information content (AvgIpc) is 2.37. The molecule has 4 nitrogen and oxygen atoms in total. The number of carboxylic acid groups (broad SMARTS) is 1. The van der Waals surface area contributed by atoms with Crippen LogP contribution in [0.4, 0.5) is 0 Å². The third-order valence-corrected chi connectivity index (χ3v) is 2.30. The second kappa shape index (κ2) is 7.37. The summed E-state index contributed by atoms with van der Waals surface area (Å²) in [5.74, 6) is -0.160. The molecule has 0 heterocycles. The third kappa shape index (κ3) is 4.13. The number of benzene rings is 1. The summed E-state index contributed by atoms with van der Waals surface area (Å²) in [7, 11) is 0. The molecule has 0 unspecified atom stereocenters. The van der Waals surface area contributed by atoms with Crippen molar-refractivity contribution in [1.82, 2.24) is 0 Å². The molecule has 0 aliphatic rings. The van der Waals surface area contributed by atoms with Gasteiger partial charge in [0.15, 0.2) is 0 Å². The van der Waals surface area contributed by atoms with Crippen molar-refractivity contribution in [3.8, 4) is 11.5 Å². The quantitative estimate of drug-likeness (QED) is 0.569. The monoisotopic (exact) mass is 250 g/mol. The number of carboxylic acids is 1. The van der Waals surface area contributed by atoms with Gasteiger partial charge in [0.25, 0.3) is 0 Å². The molecular formula is C14H18O4. The summed E-state index contributed by atoms with van der Waals surface area (Å²) in [6.45, 7) is 6.45. The Morgan fingerprint density at radius 3 is 2.83 bits per heavy atom. The molecule has 1 N–H and O–H groups in total. The van der Waals surface area contributed by atoms with E-state index in [4.69, 9.17) is 14.6 Å². The topological polar surface area (TPSA) is 55.8 Å². The van der Waals surface area contributed by atoms with Crippen LogP contribution in [0.1, 0.15) is 30.1 Å². The molecule has 1 aromatic rings. The summed E-state index contributed by atoms with van der Waals surface area (Å²) in [6, 6.07) is 4.80. The van der Waals surface area contributed by atoms with Gasteiger partial charge in [0.1, 0.15) is 23.7 Å². The van der Waals surface area contributed by atoms with Gasteiger partial charge in [0.2, 0.25) is 0 Å². The minimum Gasteiger partial charge on any atom is -0.494 e. The summed E-state index contributed by atoms with van der Waals surface area (Å²) in [5, 5.41) is 9.10. The zero-order valence-corrected chi connectivity index (χ0v) is 10.5. The third-order valence-electron chi connectivity index (χ3n) is 2.30. The van der Waals surface area contributed by atoms with E-state index in [0.29, 0.717) is 18.1 Å². The fourth-order valence-electron chi connectivity index (χ4n) is 1.37. The van der Waals surface area contributed by atoms with Gasteiger partial charge in [0, 0.05) is 0 Å². The number of hydrogen-bond donors (Lipinski definition) is 1. The van der Waals surface area contributed by atoms with E-state index in [1.165, 1.54) is 6.07 Å². The van der Waals surface area contributed by atoms with E-state index in [9.17, 15) is 4.79 Å². The van der Waals surface area contributed by atoms with Crippen molar-refractivity contribution in [3.63, 3.8) is 0 Å². The minimum absolute atomic E-state index is 0.103. The summed E-state index contributed by atoms with van der Waals surface area (Å²) in [4.78, 5) is 11.1. The maximum Gasteiger partial charge on any atom is 0.339 e. The average molecular weight is 250 g/mol. The first kappa shape index (κ1) is 14.1. The predicted octanol–water partition coefficient (Wildman–Crippen LogP) is 3.13.